The SMILES string of the molecule is O=C(N/N=C\[C@@H]1C[C@@H]2CC[C@@H]1C2)c1ccc2c(c1)OCO2. The second-order valence-electron chi connectivity index (χ2n) is 6.13. The van der Waals surface area contributed by atoms with Gasteiger partial charge < -0.3 is 9.47 Å². The van der Waals surface area contributed by atoms with Gasteiger partial charge in [0.15, 0.2) is 11.5 Å². The highest BCUT2D eigenvalue weighted by Crippen LogP contribution is 2.47. The summed E-state index contributed by atoms with van der Waals surface area (Å²) < 4.78 is 10.5. The number of hydrogen-bond donors (Lipinski definition) is 1. The van der Waals surface area contributed by atoms with Gasteiger partial charge in [-0.3, -0.25) is 4.79 Å². The molecule has 5 nitrogen and oxygen atoms in total. The minimum absolute atomic E-state index is 0.211. The van der Waals surface area contributed by atoms with E-state index in [0.29, 0.717) is 23.0 Å². The van der Waals surface area contributed by atoms with E-state index in [2.05, 4.69) is 10.5 Å². The van der Waals surface area contributed by atoms with Crippen LogP contribution in [-0.4, -0.2) is 18.9 Å². The van der Waals surface area contributed by atoms with Crippen LogP contribution in [0.3, 0.4) is 0 Å². The van der Waals surface area contributed by atoms with Crippen molar-refractivity contribution in [2.24, 2.45) is 22.9 Å². The van der Waals surface area contributed by atoms with Crippen LogP contribution in [0.4, 0.5) is 0 Å². The lowest BCUT2D eigenvalue weighted by Gasteiger charge is -2.16. The van der Waals surface area contributed by atoms with Gasteiger partial charge in [0.05, 0.1) is 0 Å². The van der Waals surface area contributed by atoms with Gasteiger partial charge in [-0.1, -0.05) is 6.42 Å². The Morgan fingerprint density at radius 3 is 2.95 bits per heavy atom. The van der Waals surface area contributed by atoms with Gasteiger partial charge in [0, 0.05) is 11.8 Å². The third kappa shape index (κ3) is 2.37. The molecule has 21 heavy (non-hydrogen) atoms. The van der Waals surface area contributed by atoms with Crippen LogP contribution < -0.4 is 14.9 Å². The molecule has 3 atom stereocenters. The number of hydrogen-bond acceptors (Lipinski definition) is 4. The van der Waals surface area contributed by atoms with Crippen LogP contribution in [0, 0.1) is 17.8 Å². The molecule has 0 saturated heterocycles. The Kier molecular flexibility index (Phi) is 3.05. The largest absolute Gasteiger partial charge is 0.454 e. The standard InChI is InChI=1S/C16H18N2O3/c19-16(12-3-4-14-15(7-12)21-9-20-14)18-17-8-13-6-10-1-2-11(13)5-10/h3-4,7-8,10-11,13H,1-2,5-6,9H2,(H,18,19)/b17-8-/t10-,11-,13+/m1/s1. The van der Waals surface area contributed by atoms with Crippen LogP contribution in [0.5, 0.6) is 11.5 Å². The summed E-state index contributed by atoms with van der Waals surface area (Å²) in [7, 11) is 0. The molecule has 3 aliphatic rings. The zero-order valence-corrected chi connectivity index (χ0v) is 11.7. The zero-order chi connectivity index (χ0) is 14.2. The number of ether oxygens (including phenoxy) is 2. The lowest BCUT2D eigenvalue weighted by Crippen LogP contribution is -2.20. The van der Waals surface area contributed by atoms with Crippen molar-refractivity contribution in [1.82, 2.24) is 5.43 Å². The molecule has 0 spiro atoms. The van der Waals surface area contributed by atoms with E-state index in [9.17, 15) is 4.79 Å². The first kappa shape index (κ1) is 12.7. The van der Waals surface area contributed by atoms with Crippen molar-refractivity contribution in [3.8, 4) is 11.5 Å². The van der Waals surface area contributed by atoms with E-state index in [-0.39, 0.29) is 12.7 Å². The smallest absolute Gasteiger partial charge is 0.271 e. The summed E-state index contributed by atoms with van der Waals surface area (Å²) in [6, 6.07) is 5.15. The van der Waals surface area contributed by atoms with E-state index in [1.54, 1.807) is 18.2 Å². The van der Waals surface area contributed by atoms with Gasteiger partial charge >= 0.3 is 0 Å². The molecule has 110 valence electrons. The van der Waals surface area contributed by atoms with Crippen molar-refractivity contribution in [3.05, 3.63) is 23.8 Å². The molecular weight excluding hydrogens is 268 g/mol. The molecule has 2 saturated carbocycles. The van der Waals surface area contributed by atoms with E-state index in [1.807, 2.05) is 6.21 Å². The number of rotatable bonds is 3. The van der Waals surface area contributed by atoms with Crippen LogP contribution >= 0.6 is 0 Å². The van der Waals surface area contributed by atoms with Crippen molar-refractivity contribution in [2.45, 2.75) is 25.7 Å². The summed E-state index contributed by atoms with van der Waals surface area (Å²) in [5, 5.41) is 4.15. The summed E-state index contributed by atoms with van der Waals surface area (Å²) >= 11 is 0. The molecule has 1 aromatic carbocycles. The second-order valence-corrected chi connectivity index (χ2v) is 6.13. The van der Waals surface area contributed by atoms with Gasteiger partial charge in [0.25, 0.3) is 5.91 Å². The number of hydrazone groups is 1. The lowest BCUT2D eigenvalue weighted by molar-refractivity contribution is 0.0954. The monoisotopic (exact) mass is 286 g/mol. The molecule has 1 amide bonds. The van der Waals surface area contributed by atoms with Crippen LogP contribution in [0.25, 0.3) is 0 Å². The van der Waals surface area contributed by atoms with Gasteiger partial charge in [0.2, 0.25) is 6.79 Å². The highest BCUT2D eigenvalue weighted by molar-refractivity contribution is 5.95. The van der Waals surface area contributed by atoms with Gasteiger partial charge in [0.1, 0.15) is 0 Å². The van der Waals surface area contributed by atoms with Crippen molar-refractivity contribution in [1.29, 1.82) is 0 Å². The summed E-state index contributed by atoms with van der Waals surface area (Å²) in [4.78, 5) is 12.1. The van der Waals surface area contributed by atoms with Crippen LogP contribution in [-0.2, 0) is 0 Å². The highest BCUT2D eigenvalue weighted by atomic mass is 16.7. The topological polar surface area (TPSA) is 59.9 Å². The Balaban J connectivity index is 1.37. The van der Waals surface area contributed by atoms with E-state index in [4.69, 9.17) is 9.47 Å². The number of benzene rings is 1. The molecule has 4 rings (SSSR count). The summed E-state index contributed by atoms with van der Waals surface area (Å²) in [5.41, 5.74) is 3.14. The van der Waals surface area contributed by atoms with Crippen LogP contribution in [0.2, 0.25) is 0 Å². The predicted molar refractivity (Wildman–Crippen MR) is 77.5 cm³/mol. The second kappa shape index (κ2) is 5.06. The molecule has 0 radical (unpaired) electrons. The summed E-state index contributed by atoms with van der Waals surface area (Å²) in [6.07, 6.45) is 7.19. The van der Waals surface area contributed by atoms with E-state index < -0.39 is 0 Å². The fourth-order valence-electron chi connectivity index (χ4n) is 3.77. The van der Waals surface area contributed by atoms with Crippen molar-refractivity contribution in [3.63, 3.8) is 0 Å². The Morgan fingerprint density at radius 1 is 1.24 bits per heavy atom. The first-order valence-electron chi connectivity index (χ1n) is 7.53. The van der Waals surface area contributed by atoms with Gasteiger partial charge in [-0.05, 0) is 55.2 Å². The Morgan fingerprint density at radius 2 is 2.14 bits per heavy atom. The third-order valence-corrected chi connectivity index (χ3v) is 4.86. The first-order valence-corrected chi connectivity index (χ1v) is 7.53. The molecule has 0 aromatic heterocycles. The quantitative estimate of drug-likeness (QED) is 0.686. The predicted octanol–water partition coefficient (Wildman–Crippen LogP) is 2.57. The van der Waals surface area contributed by atoms with Crippen molar-refractivity contribution < 1.29 is 14.3 Å². The Bertz CT molecular complexity index is 599. The molecule has 2 bridgehead atoms. The molecule has 2 aliphatic carbocycles. The summed E-state index contributed by atoms with van der Waals surface area (Å²) in [6.45, 7) is 0.211. The van der Waals surface area contributed by atoms with E-state index >= 15 is 0 Å². The van der Waals surface area contributed by atoms with Crippen LogP contribution in [0.1, 0.15) is 36.0 Å². The molecule has 1 aliphatic heterocycles. The molecule has 1 heterocycles. The number of fused-ring (bicyclic) bond motifs is 3. The van der Waals surface area contributed by atoms with Crippen molar-refractivity contribution >= 4 is 12.1 Å². The average Bonchev–Trinajstić information content (AvgIpc) is 3.22. The Labute approximate surface area is 123 Å². The lowest BCUT2D eigenvalue weighted by atomic mass is 9.90. The maximum atomic E-state index is 12.1. The number of amides is 1. The molecule has 0 unspecified atom stereocenters. The van der Waals surface area contributed by atoms with Gasteiger partial charge in [-0.2, -0.15) is 5.10 Å². The normalized spacial score (nSPS) is 29.2. The molecule has 2 fully saturated rings. The minimum atomic E-state index is -0.215. The Hall–Kier alpha value is -2.04. The van der Waals surface area contributed by atoms with E-state index in [0.717, 1.165) is 11.8 Å². The summed E-state index contributed by atoms with van der Waals surface area (Å²) in [5.74, 6) is 3.28. The fourth-order valence-corrected chi connectivity index (χ4v) is 3.77. The maximum Gasteiger partial charge on any atom is 0.271 e. The molecule has 1 N–H and O–H groups in total. The molecule has 1 aromatic rings. The number of carbonyl (C=O) groups excluding carboxylic acids is 1. The zero-order valence-electron chi connectivity index (χ0n) is 11.7. The van der Waals surface area contributed by atoms with Gasteiger partial charge in [-0.25, -0.2) is 5.43 Å². The number of nitrogens with one attached hydrogen (secondary N) is 1. The number of carbonyl (C=O) groups is 1. The minimum Gasteiger partial charge on any atom is -0.454 e. The third-order valence-electron chi connectivity index (χ3n) is 4.86. The number of nitrogens with zero attached hydrogens (tertiary/aromatic N) is 1. The van der Waals surface area contributed by atoms with Gasteiger partial charge in [-0.15, -0.1) is 0 Å². The maximum absolute atomic E-state index is 12.1. The van der Waals surface area contributed by atoms with Crippen LogP contribution in [0.15, 0.2) is 23.3 Å². The van der Waals surface area contributed by atoms with E-state index in [1.165, 1.54) is 25.7 Å². The molecule has 5 heteroatoms. The van der Waals surface area contributed by atoms with Crippen molar-refractivity contribution in [2.75, 3.05) is 6.79 Å². The molecular formula is C16H18N2O3. The average molecular weight is 286 g/mol. The first-order chi connectivity index (χ1) is 10.3. The fraction of sp³-hybridized carbons (Fsp3) is 0.500. The highest BCUT2D eigenvalue weighted by Gasteiger charge is 2.38.